The van der Waals surface area contributed by atoms with Crippen molar-refractivity contribution >= 4 is 22.6 Å². The number of nitrogens with one attached hydrogen (secondary N) is 1. The number of carbonyl (C=O) groups is 1. The topological polar surface area (TPSA) is 126 Å². The molecule has 1 aliphatic rings. The number of anilines is 1. The number of nitrogens with zero attached hydrogens (tertiary/aromatic N) is 6. The fourth-order valence-electron chi connectivity index (χ4n) is 5.82. The average molecular weight is 694 g/mol. The molecule has 0 bridgehead atoms. The van der Waals surface area contributed by atoms with Crippen molar-refractivity contribution in [1.82, 2.24) is 29.2 Å². The van der Waals surface area contributed by atoms with E-state index in [1.807, 2.05) is 24.3 Å². The molecule has 1 N–H and O–H groups in total. The zero-order valence-electron chi connectivity index (χ0n) is 27.8. The molecule has 0 radical (unpaired) electrons. The highest BCUT2D eigenvalue weighted by Crippen LogP contribution is 2.38. The SMILES string of the molecule is COc1ccc(Cn2nc(OC3CCN(C)CC3)c3c(Oc4ccc(NC(=O)c5nccn(-c6ccc(F)cc6)c5=O)cc4F)ccnc32)cc1. The van der Waals surface area contributed by atoms with Crippen molar-refractivity contribution in [2.75, 3.05) is 32.6 Å². The van der Waals surface area contributed by atoms with Crippen LogP contribution in [0.25, 0.3) is 16.7 Å². The highest BCUT2D eigenvalue weighted by molar-refractivity contribution is 6.02. The van der Waals surface area contributed by atoms with E-state index in [0.717, 1.165) is 47.9 Å². The Morgan fingerprint density at radius 2 is 1.71 bits per heavy atom. The summed E-state index contributed by atoms with van der Waals surface area (Å²) >= 11 is 0. The van der Waals surface area contributed by atoms with Gasteiger partial charge in [0.2, 0.25) is 5.88 Å². The number of methoxy groups -OCH3 is 1. The van der Waals surface area contributed by atoms with Crippen LogP contribution in [0.4, 0.5) is 14.5 Å². The Bertz CT molecular complexity index is 2250. The van der Waals surface area contributed by atoms with Crippen molar-refractivity contribution in [2.45, 2.75) is 25.5 Å². The van der Waals surface area contributed by atoms with Crippen LogP contribution in [0.15, 0.2) is 96.2 Å². The lowest BCUT2D eigenvalue weighted by atomic mass is 10.1. The maximum Gasteiger partial charge on any atom is 0.286 e. The predicted octanol–water partition coefficient (Wildman–Crippen LogP) is 5.83. The number of piperidine rings is 1. The van der Waals surface area contributed by atoms with Gasteiger partial charge in [0.05, 0.1) is 13.7 Å². The van der Waals surface area contributed by atoms with E-state index < -0.39 is 28.8 Å². The minimum atomic E-state index is -0.847. The fraction of sp³-hybridized carbons (Fsp3) is 0.216. The van der Waals surface area contributed by atoms with Crippen LogP contribution < -0.4 is 25.1 Å². The van der Waals surface area contributed by atoms with E-state index in [4.69, 9.17) is 19.3 Å². The molecular formula is C37H33F2N7O5. The third-order valence-electron chi connectivity index (χ3n) is 8.57. The van der Waals surface area contributed by atoms with Gasteiger partial charge >= 0.3 is 0 Å². The third kappa shape index (κ3) is 7.26. The summed E-state index contributed by atoms with van der Waals surface area (Å²) in [5.41, 5.74) is 0.726. The van der Waals surface area contributed by atoms with Crippen LogP contribution >= 0.6 is 0 Å². The van der Waals surface area contributed by atoms with Crippen LogP contribution in [0.2, 0.25) is 0 Å². The van der Waals surface area contributed by atoms with Gasteiger partial charge in [0, 0.05) is 55.2 Å². The van der Waals surface area contributed by atoms with E-state index in [-0.39, 0.29) is 23.3 Å². The summed E-state index contributed by atoms with van der Waals surface area (Å²) in [4.78, 5) is 36.8. The van der Waals surface area contributed by atoms with Crippen molar-refractivity contribution < 1.29 is 27.8 Å². The standard InChI is InChI=1S/C37H33F2N7O5/c1-44-18-14-28(15-19-44)50-36-32-31(13-16-41-34(32)46(43-36)22-23-3-10-27(49-2)11-4-23)51-30-12-7-25(21-29(30)39)42-35(47)33-37(48)45(20-17-40-33)26-8-5-24(38)6-9-26/h3-13,16-17,20-21,28H,14-15,18-19,22H2,1-2H3,(H,42,47). The Labute approximate surface area is 290 Å². The molecular weight excluding hydrogens is 660 g/mol. The van der Waals surface area contributed by atoms with Crippen LogP contribution in [0.3, 0.4) is 0 Å². The van der Waals surface area contributed by atoms with Gasteiger partial charge in [0.15, 0.2) is 22.9 Å². The molecule has 0 atom stereocenters. The first kappa shape index (κ1) is 33.4. The second-order valence-electron chi connectivity index (χ2n) is 12.1. The van der Waals surface area contributed by atoms with Gasteiger partial charge in [-0.05, 0) is 74.0 Å². The first-order valence-electron chi connectivity index (χ1n) is 16.2. The number of amides is 1. The maximum atomic E-state index is 15.6. The lowest BCUT2D eigenvalue weighted by Crippen LogP contribution is -2.35. The number of rotatable bonds is 10. The lowest BCUT2D eigenvalue weighted by Gasteiger charge is -2.28. The number of likely N-dealkylation sites (tertiary alicyclic amines) is 1. The first-order chi connectivity index (χ1) is 24.7. The number of hydrogen-bond acceptors (Lipinski definition) is 9. The monoisotopic (exact) mass is 693 g/mol. The molecule has 12 nitrogen and oxygen atoms in total. The predicted molar refractivity (Wildman–Crippen MR) is 185 cm³/mol. The summed E-state index contributed by atoms with van der Waals surface area (Å²) in [6.45, 7) is 2.16. The van der Waals surface area contributed by atoms with Crippen molar-refractivity contribution in [2.24, 2.45) is 0 Å². The molecule has 0 aliphatic carbocycles. The quantitative estimate of drug-likeness (QED) is 0.189. The van der Waals surface area contributed by atoms with E-state index >= 15 is 4.39 Å². The van der Waals surface area contributed by atoms with Crippen LogP contribution in [0.1, 0.15) is 28.9 Å². The molecule has 6 aromatic rings. The van der Waals surface area contributed by atoms with Gasteiger partial charge < -0.3 is 24.4 Å². The molecule has 0 unspecified atom stereocenters. The molecule has 1 fully saturated rings. The zero-order chi connectivity index (χ0) is 35.5. The van der Waals surface area contributed by atoms with Gasteiger partial charge in [0.1, 0.15) is 28.8 Å². The molecule has 4 heterocycles. The van der Waals surface area contributed by atoms with E-state index in [1.54, 1.807) is 24.1 Å². The Balaban J connectivity index is 1.15. The molecule has 14 heteroatoms. The van der Waals surface area contributed by atoms with Gasteiger partial charge in [0.25, 0.3) is 11.5 Å². The molecule has 1 amide bonds. The first-order valence-corrected chi connectivity index (χ1v) is 16.2. The summed E-state index contributed by atoms with van der Waals surface area (Å²) in [7, 11) is 3.68. The molecule has 1 saturated heterocycles. The zero-order valence-corrected chi connectivity index (χ0v) is 27.8. The Hall–Kier alpha value is -6.15. The Morgan fingerprint density at radius 3 is 2.43 bits per heavy atom. The second-order valence-corrected chi connectivity index (χ2v) is 12.1. The minimum absolute atomic E-state index is 0.0691. The van der Waals surface area contributed by atoms with Crippen LogP contribution in [-0.2, 0) is 6.54 Å². The highest BCUT2D eigenvalue weighted by Gasteiger charge is 2.25. The van der Waals surface area contributed by atoms with Crippen molar-refractivity contribution in [3.05, 3.63) is 125 Å². The van der Waals surface area contributed by atoms with Gasteiger partial charge in [-0.1, -0.05) is 12.1 Å². The number of fused-ring (bicyclic) bond motifs is 1. The van der Waals surface area contributed by atoms with Crippen molar-refractivity contribution in [3.8, 4) is 28.8 Å². The number of ether oxygens (including phenoxy) is 3. The molecule has 0 spiro atoms. The maximum absolute atomic E-state index is 15.6. The lowest BCUT2D eigenvalue weighted by molar-refractivity contribution is 0.102. The summed E-state index contributed by atoms with van der Waals surface area (Å²) in [5, 5.41) is 7.80. The van der Waals surface area contributed by atoms with E-state index in [1.165, 1.54) is 48.8 Å². The number of hydrogen-bond donors (Lipinski definition) is 1. The number of benzene rings is 3. The van der Waals surface area contributed by atoms with Crippen LogP contribution in [-0.4, -0.2) is 68.5 Å². The highest BCUT2D eigenvalue weighted by atomic mass is 19.1. The minimum Gasteiger partial charge on any atom is -0.497 e. The number of carbonyl (C=O) groups excluding carboxylic acids is 1. The summed E-state index contributed by atoms with van der Waals surface area (Å²) in [6.07, 6.45) is 5.76. The number of pyridine rings is 1. The third-order valence-corrected chi connectivity index (χ3v) is 8.57. The van der Waals surface area contributed by atoms with E-state index in [0.29, 0.717) is 29.1 Å². The van der Waals surface area contributed by atoms with Crippen LogP contribution in [0, 0.1) is 11.6 Å². The molecule has 51 heavy (non-hydrogen) atoms. The van der Waals surface area contributed by atoms with Crippen molar-refractivity contribution in [1.29, 1.82) is 0 Å². The largest absolute Gasteiger partial charge is 0.497 e. The van der Waals surface area contributed by atoms with E-state index in [9.17, 15) is 14.0 Å². The van der Waals surface area contributed by atoms with Crippen molar-refractivity contribution in [3.63, 3.8) is 0 Å². The molecule has 1 aliphatic heterocycles. The number of aromatic nitrogens is 5. The normalized spacial score (nSPS) is 13.6. The summed E-state index contributed by atoms with van der Waals surface area (Å²) in [6, 6.07) is 18.3. The molecule has 0 saturated carbocycles. The average Bonchev–Trinajstić information content (AvgIpc) is 3.48. The Morgan fingerprint density at radius 1 is 0.941 bits per heavy atom. The second kappa shape index (κ2) is 14.4. The smallest absolute Gasteiger partial charge is 0.286 e. The van der Waals surface area contributed by atoms with E-state index in [2.05, 4.69) is 27.2 Å². The van der Waals surface area contributed by atoms with Gasteiger partial charge in [-0.25, -0.2) is 23.4 Å². The number of halogens is 2. The van der Waals surface area contributed by atoms with Gasteiger partial charge in [-0.2, -0.15) is 0 Å². The summed E-state index contributed by atoms with van der Waals surface area (Å²) in [5.74, 6) is -0.852. The molecule has 7 rings (SSSR count). The molecule has 260 valence electrons. The molecule has 3 aromatic heterocycles. The van der Waals surface area contributed by atoms with Gasteiger partial charge in [-0.15, -0.1) is 5.10 Å². The fourth-order valence-corrected chi connectivity index (χ4v) is 5.82. The summed E-state index contributed by atoms with van der Waals surface area (Å²) < 4.78 is 49.7. The van der Waals surface area contributed by atoms with Crippen LogP contribution in [0.5, 0.6) is 23.1 Å². The van der Waals surface area contributed by atoms with Gasteiger partial charge in [-0.3, -0.25) is 14.2 Å². The Kier molecular flexibility index (Phi) is 9.40. The molecule has 3 aromatic carbocycles.